The lowest BCUT2D eigenvalue weighted by Gasteiger charge is -2.11. The Morgan fingerprint density at radius 3 is 2.75 bits per heavy atom. The fourth-order valence-corrected chi connectivity index (χ4v) is 1.87. The summed E-state index contributed by atoms with van der Waals surface area (Å²) in [6.07, 6.45) is 0. The van der Waals surface area contributed by atoms with Crippen LogP contribution in [0.4, 0.5) is 15.9 Å². The van der Waals surface area contributed by atoms with Gasteiger partial charge in [-0.2, -0.15) is 4.98 Å². The minimum absolute atomic E-state index is 0.0121. The van der Waals surface area contributed by atoms with E-state index in [1.165, 1.54) is 31.4 Å². The lowest BCUT2D eigenvalue weighted by Crippen LogP contribution is -2.06. The van der Waals surface area contributed by atoms with Crippen molar-refractivity contribution < 1.29 is 19.0 Å². The van der Waals surface area contributed by atoms with Gasteiger partial charge in [-0.1, -0.05) is 15.9 Å². The molecule has 0 spiro atoms. The van der Waals surface area contributed by atoms with Gasteiger partial charge in [0, 0.05) is 10.5 Å². The number of aromatic nitrogens is 1. The molecule has 7 heteroatoms. The molecule has 0 aliphatic rings. The maximum Gasteiger partial charge on any atom is 0.339 e. The first kappa shape index (κ1) is 14.3. The summed E-state index contributed by atoms with van der Waals surface area (Å²) < 4.78 is 19.3. The van der Waals surface area contributed by atoms with Crippen molar-refractivity contribution in [3.8, 4) is 5.88 Å². The molecule has 104 valence electrons. The molecule has 0 aliphatic heterocycles. The van der Waals surface area contributed by atoms with Gasteiger partial charge in [-0.05, 0) is 24.3 Å². The molecule has 0 bridgehead atoms. The normalized spacial score (nSPS) is 10.2. The number of nitrogens with one attached hydrogen (secondary N) is 1. The van der Waals surface area contributed by atoms with Crippen molar-refractivity contribution in [2.75, 3.05) is 12.4 Å². The molecule has 1 heterocycles. The van der Waals surface area contributed by atoms with Gasteiger partial charge < -0.3 is 15.2 Å². The minimum atomic E-state index is -1.17. The van der Waals surface area contributed by atoms with Crippen molar-refractivity contribution in [3.05, 3.63) is 46.2 Å². The second-order valence-electron chi connectivity index (χ2n) is 3.80. The molecule has 1 aromatic carbocycles. The van der Waals surface area contributed by atoms with Crippen molar-refractivity contribution in [1.29, 1.82) is 0 Å². The molecule has 2 rings (SSSR count). The van der Waals surface area contributed by atoms with Gasteiger partial charge in [-0.15, -0.1) is 0 Å². The molecule has 0 radical (unpaired) electrons. The first-order valence-corrected chi connectivity index (χ1v) is 6.31. The number of pyridine rings is 1. The number of ether oxygens (including phenoxy) is 1. The molecule has 0 atom stereocenters. The summed E-state index contributed by atoms with van der Waals surface area (Å²) in [5, 5.41) is 11.8. The molecule has 0 fully saturated rings. The Balaban J connectivity index is 2.43. The predicted molar refractivity (Wildman–Crippen MR) is 75.1 cm³/mol. The third kappa shape index (κ3) is 3.05. The number of carboxylic acids is 1. The van der Waals surface area contributed by atoms with Crippen LogP contribution in [0.3, 0.4) is 0 Å². The summed E-state index contributed by atoms with van der Waals surface area (Å²) in [4.78, 5) is 15.1. The molecular weight excluding hydrogens is 331 g/mol. The Bertz CT molecular complexity index is 664. The maximum absolute atomic E-state index is 13.8. The van der Waals surface area contributed by atoms with E-state index < -0.39 is 11.8 Å². The average Bonchev–Trinajstić information content (AvgIpc) is 2.41. The number of methoxy groups -OCH3 is 1. The van der Waals surface area contributed by atoms with Crippen molar-refractivity contribution >= 4 is 33.4 Å². The van der Waals surface area contributed by atoms with Crippen LogP contribution in [0.2, 0.25) is 0 Å². The van der Waals surface area contributed by atoms with Crippen molar-refractivity contribution in [2.24, 2.45) is 0 Å². The highest BCUT2D eigenvalue weighted by Crippen LogP contribution is 2.25. The van der Waals surface area contributed by atoms with E-state index in [2.05, 4.69) is 26.2 Å². The predicted octanol–water partition coefficient (Wildman–Crippen LogP) is 3.43. The van der Waals surface area contributed by atoms with Crippen molar-refractivity contribution in [3.63, 3.8) is 0 Å². The van der Waals surface area contributed by atoms with Crippen LogP contribution in [-0.2, 0) is 0 Å². The minimum Gasteiger partial charge on any atom is -0.481 e. The van der Waals surface area contributed by atoms with Gasteiger partial charge in [0.1, 0.15) is 17.2 Å². The van der Waals surface area contributed by atoms with Gasteiger partial charge in [0.05, 0.1) is 12.8 Å². The summed E-state index contributed by atoms with van der Waals surface area (Å²) in [7, 11) is 1.41. The molecule has 1 aromatic heterocycles. The van der Waals surface area contributed by atoms with E-state index in [0.29, 0.717) is 4.47 Å². The molecule has 20 heavy (non-hydrogen) atoms. The van der Waals surface area contributed by atoms with Crippen LogP contribution in [0.15, 0.2) is 34.8 Å². The Hall–Kier alpha value is -2.15. The maximum atomic E-state index is 13.8. The number of aromatic carboxylic acids is 1. The van der Waals surface area contributed by atoms with E-state index in [4.69, 9.17) is 9.84 Å². The molecule has 2 N–H and O–H groups in total. The largest absolute Gasteiger partial charge is 0.481 e. The van der Waals surface area contributed by atoms with E-state index in [1.807, 2.05) is 0 Å². The summed E-state index contributed by atoms with van der Waals surface area (Å²) in [6, 6.07) is 7.14. The summed E-state index contributed by atoms with van der Waals surface area (Å²) in [5.74, 6) is -1.45. The van der Waals surface area contributed by atoms with E-state index in [9.17, 15) is 9.18 Å². The van der Waals surface area contributed by atoms with Crippen LogP contribution in [0.1, 0.15) is 10.4 Å². The average molecular weight is 341 g/mol. The Kier molecular flexibility index (Phi) is 4.19. The topological polar surface area (TPSA) is 71.5 Å². The summed E-state index contributed by atoms with van der Waals surface area (Å²) in [6.45, 7) is 0. The second-order valence-corrected chi connectivity index (χ2v) is 4.72. The number of nitrogens with zero attached hydrogens (tertiary/aromatic N) is 1. The summed E-state index contributed by atoms with van der Waals surface area (Å²) in [5.41, 5.74) is 0.0459. The van der Waals surface area contributed by atoms with E-state index >= 15 is 0 Å². The highest BCUT2D eigenvalue weighted by atomic mass is 79.9. The lowest BCUT2D eigenvalue weighted by atomic mass is 10.2. The molecule has 0 saturated carbocycles. The molecule has 0 saturated heterocycles. The van der Waals surface area contributed by atoms with E-state index in [0.717, 1.165) is 0 Å². The van der Waals surface area contributed by atoms with Crippen LogP contribution >= 0.6 is 15.9 Å². The molecule has 5 nitrogen and oxygen atoms in total. The third-order valence-corrected chi connectivity index (χ3v) is 2.99. The fraction of sp³-hybridized carbons (Fsp3) is 0.0769. The van der Waals surface area contributed by atoms with Crippen molar-refractivity contribution in [2.45, 2.75) is 0 Å². The van der Waals surface area contributed by atoms with Crippen LogP contribution in [0, 0.1) is 5.82 Å². The second kappa shape index (κ2) is 5.87. The van der Waals surface area contributed by atoms with Crippen LogP contribution in [0.25, 0.3) is 0 Å². The van der Waals surface area contributed by atoms with Crippen LogP contribution in [-0.4, -0.2) is 23.2 Å². The monoisotopic (exact) mass is 340 g/mol. The Morgan fingerprint density at radius 2 is 2.15 bits per heavy atom. The van der Waals surface area contributed by atoms with Gasteiger partial charge in [-0.3, -0.25) is 0 Å². The van der Waals surface area contributed by atoms with Gasteiger partial charge in [0.2, 0.25) is 5.88 Å². The Labute approximate surface area is 122 Å². The number of benzene rings is 1. The van der Waals surface area contributed by atoms with E-state index in [-0.39, 0.29) is 22.9 Å². The summed E-state index contributed by atoms with van der Waals surface area (Å²) >= 11 is 3.14. The number of hydrogen-bond donors (Lipinski definition) is 2. The third-order valence-electron chi connectivity index (χ3n) is 2.49. The zero-order valence-electron chi connectivity index (χ0n) is 10.4. The zero-order chi connectivity index (χ0) is 14.7. The van der Waals surface area contributed by atoms with E-state index in [1.54, 1.807) is 6.07 Å². The molecule has 2 aromatic rings. The zero-order valence-corrected chi connectivity index (χ0v) is 11.9. The van der Waals surface area contributed by atoms with Crippen LogP contribution in [0.5, 0.6) is 5.88 Å². The Morgan fingerprint density at radius 1 is 1.40 bits per heavy atom. The molecular formula is C13H10BrFN2O3. The van der Waals surface area contributed by atoms with Gasteiger partial charge >= 0.3 is 5.97 Å². The number of hydrogen-bond acceptors (Lipinski definition) is 4. The fourth-order valence-electron chi connectivity index (χ4n) is 1.54. The number of carbonyl (C=O) groups is 1. The first-order chi connectivity index (χ1) is 9.51. The molecule has 0 aliphatic carbocycles. The molecule has 0 amide bonds. The molecule has 0 unspecified atom stereocenters. The van der Waals surface area contributed by atoms with Gasteiger partial charge in [0.25, 0.3) is 0 Å². The van der Waals surface area contributed by atoms with Gasteiger partial charge in [0.15, 0.2) is 0 Å². The van der Waals surface area contributed by atoms with Crippen molar-refractivity contribution in [1.82, 2.24) is 4.98 Å². The first-order valence-electron chi connectivity index (χ1n) is 5.51. The smallest absolute Gasteiger partial charge is 0.339 e. The SMILES string of the molecule is COc1ccc(C(=O)O)c(Nc2ccc(Br)cc2F)n1. The van der Waals surface area contributed by atoms with Gasteiger partial charge in [-0.25, -0.2) is 9.18 Å². The standard InChI is InChI=1S/C13H10BrFN2O3/c1-20-11-5-3-8(13(18)19)12(17-11)16-10-4-2-7(14)6-9(10)15/h2-6H,1H3,(H,16,17)(H,18,19). The highest BCUT2D eigenvalue weighted by Gasteiger charge is 2.14. The lowest BCUT2D eigenvalue weighted by molar-refractivity contribution is 0.0697. The van der Waals surface area contributed by atoms with Crippen LogP contribution < -0.4 is 10.1 Å². The number of carboxylic acid groups (broad SMARTS) is 1. The number of rotatable bonds is 4. The number of anilines is 2. The highest BCUT2D eigenvalue weighted by molar-refractivity contribution is 9.10. The number of halogens is 2. The quantitative estimate of drug-likeness (QED) is 0.892.